The Morgan fingerprint density at radius 1 is 1.17 bits per heavy atom. The van der Waals surface area contributed by atoms with Crippen molar-refractivity contribution in [3.05, 3.63) is 53.6 Å². The van der Waals surface area contributed by atoms with Crippen LogP contribution < -0.4 is 16.0 Å². The Kier molecular flexibility index (Phi) is 5.27. The average Bonchev–Trinajstić information content (AvgIpc) is 2.54. The van der Waals surface area contributed by atoms with Crippen molar-refractivity contribution in [3.8, 4) is 0 Å². The fraction of sp³-hybridized carbons (Fsp3) is 0.316. The van der Waals surface area contributed by atoms with Crippen LogP contribution in [0.3, 0.4) is 0 Å². The second-order valence-corrected chi connectivity index (χ2v) is 6.06. The van der Waals surface area contributed by atoms with Gasteiger partial charge in [0.25, 0.3) is 5.91 Å². The molecule has 1 unspecified atom stereocenters. The maximum absolute atomic E-state index is 12.6. The van der Waals surface area contributed by atoms with E-state index in [1.165, 1.54) is 5.56 Å². The minimum atomic E-state index is -0.155. The van der Waals surface area contributed by atoms with Crippen LogP contribution in [0.25, 0.3) is 0 Å². The largest absolute Gasteiger partial charge is 0.399 e. The van der Waals surface area contributed by atoms with Crippen molar-refractivity contribution in [2.24, 2.45) is 0 Å². The van der Waals surface area contributed by atoms with Gasteiger partial charge in [0.05, 0.1) is 5.56 Å². The van der Waals surface area contributed by atoms with Gasteiger partial charge in [-0.15, -0.1) is 0 Å². The summed E-state index contributed by atoms with van der Waals surface area (Å²) < 4.78 is 0. The first-order chi connectivity index (χ1) is 10.9. The quantitative estimate of drug-likeness (QED) is 0.817. The van der Waals surface area contributed by atoms with Crippen LogP contribution in [-0.4, -0.2) is 20.0 Å². The molecule has 0 heterocycles. The molecule has 0 spiro atoms. The van der Waals surface area contributed by atoms with Gasteiger partial charge in [-0.05, 0) is 48.2 Å². The molecule has 2 rings (SSSR count). The van der Waals surface area contributed by atoms with Gasteiger partial charge in [-0.1, -0.05) is 26.0 Å². The summed E-state index contributed by atoms with van der Waals surface area (Å²) in [7, 11) is 3.81. The number of benzene rings is 2. The number of nitrogens with two attached hydrogens (primary N) is 1. The molecule has 0 bridgehead atoms. The van der Waals surface area contributed by atoms with E-state index in [0.29, 0.717) is 17.2 Å². The van der Waals surface area contributed by atoms with Gasteiger partial charge in [-0.2, -0.15) is 0 Å². The number of anilines is 3. The van der Waals surface area contributed by atoms with Gasteiger partial charge >= 0.3 is 0 Å². The maximum Gasteiger partial charge on any atom is 0.257 e. The zero-order valence-electron chi connectivity index (χ0n) is 14.3. The van der Waals surface area contributed by atoms with Crippen molar-refractivity contribution in [2.45, 2.75) is 26.2 Å². The summed E-state index contributed by atoms with van der Waals surface area (Å²) in [5.41, 5.74) is 9.88. The van der Waals surface area contributed by atoms with Crippen molar-refractivity contribution in [2.75, 3.05) is 30.0 Å². The van der Waals surface area contributed by atoms with Gasteiger partial charge in [-0.25, -0.2) is 0 Å². The van der Waals surface area contributed by atoms with Crippen molar-refractivity contribution < 1.29 is 4.79 Å². The molecule has 0 aliphatic carbocycles. The molecule has 0 aliphatic rings. The highest BCUT2D eigenvalue weighted by molar-refractivity contribution is 6.08. The van der Waals surface area contributed by atoms with Gasteiger partial charge in [0.15, 0.2) is 0 Å². The fourth-order valence-corrected chi connectivity index (χ4v) is 2.45. The molecule has 0 aromatic heterocycles. The summed E-state index contributed by atoms with van der Waals surface area (Å²) in [5, 5.41) is 2.94. The zero-order valence-corrected chi connectivity index (χ0v) is 14.3. The van der Waals surface area contributed by atoms with Gasteiger partial charge in [-0.3, -0.25) is 4.79 Å². The molecule has 0 saturated carbocycles. The Morgan fingerprint density at radius 3 is 2.39 bits per heavy atom. The molecule has 0 radical (unpaired) electrons. The Labute approximate surface area is 138 Å². The van der Waals surface area contributed by atoms with E-state index >= 15 is 0 Å². The lowest BCUT2D eigenvalue weighted by Crippen LogP contribution is -2.18. The predicted octanol–water partition coefficient (Wildman–Crippen LogP) is 4.10. The summed E-state index contributed by atoms with van der Waals surface area (Å²) in [6, 6.07) is 13.4. The van der Waals surface area contributed by atoms with Crippen molar-refractivity contribution in [1.29, 1.82) is 0 Å². The minimum absolute atomic E-state index is 0.155. The van der Waals surface area contributed by atoms with Crippen molar-refractivity contribution >= 4 is 23.0 Å². The number of hydrogen-bond acceptors (Lipinski definition) is 3. The van der Waals surface area contributed by atoms with Crippen LogP contribution in [0, 0.1) is 0 Å². The fourth-order valence-electron chi connectivity index (χ4n) is 2.45. The summed E-state index contributed by atoms with van der Waals surface area (Å²) in [4.78, 5) is 14.5. The molecule has 1 atom stereocenters. The highest BCUT2D eigenvalue weighted by Crippen LogP contribution is 2.24. The first-order valence-corrected chi connectivity index (χ1v) is 7.90. The van der Waals surface area contributed by atoms with Crippen LogP contribution in [0.5, 0.6) is 0 Å². The van der Waals surface area contributed by atoms with Gasteiger partial charge in [0, 0.05) is 31.2 Å². The topological polar surface area (TPSA) is 58.4 Å². The van der Waals surface area contributed by atoms with E-state index in [2.05, 4.69) is 31.3 Å². The Balaban J connectivity index is 2.21. The van der Waals surface area contributed by atoms with E-state index < -0.39 is 0 Å². The second kappa shape index (κ2) is 7.18. The van der Waals surface area contributed by atoms with Crippen LogP contribution >= 0.6 is 0 Å². The highest BCUT2D eigenvalue weighted by atomic mass is 16.1. The molecule has 1 amide bonds. The van der Waals surface area contributed by atoms with Crippen LogP contribution in [0.2, 0.25) is 0 Å². The van der Waals surface area contributed by atoms with E-state index in [1.807, 2.05) is 37.2 Å². The third kappa shape index (κ3) is 4.03. The lowest BCUT2D eigenvalue weighted by molar-refractivity contribution is 0.102. The van der Waals surface area contributed by atoms with E-state index in [9.17, 15) is 4.79 Å². The van der Waals surface area contributed by atoms with E-state index in [1.54, 1.807) is 12.1 Å². The van der Waals surface area contributed by atoms with E-state index in [4.69, 9.17) is 5.73 Å². The molecule has 122 valence electrons. The lowest BCUT2D eigenvalue weighted by atomic mass is 9.98. The molecule has 23 heavy (non-hydrogen) atoms. The van der Waals surface area contributed by atoms with Crippen LogP contribution in [0.4, 0.5) is 17.1 Å². The number of carbonyl (C=O) groups excluding carboxylic acids is 1. The number of nitrogen functional groups attached to an aromatic ring is 1. The number of nitrogens with one attached hydrogen (secondary N) is 1. The third-order valence-electron chi connectivity index (χ3n) is 4.10. The molecule has 4 nitrogen and oxygen atoms in total. The Morgan fingerprint density at radius 2 is 1.83 bits per heavy atom. The third-order valence-corrected chi connectivity index (χ3v) is 4.10. The molecule has 2 aromatic carbocycles. The highest BCUT2D eigenvalue weighted by Gasteiger charge is 2.14. The van der Waals surface area contributed by atoms with E-state index in [-0.39, 0.29) is 5.91 Å². The summed E-state index contributed by atoms with van der Waals surface area (Å²) in [5.74, 6) is 0.367. The molecule has 2 aromatic rings. The number of carbonyl (C=O) groups is 1. The smallest absolute Gasteiger partial charge is 0.257 e. The van der Waals surface area contributed by atoms with Crippen LogP contribution in [-0.2, 0) is 0 Å². The average molecular weight is 311 g/mol. The molecule has 3 N–H and O–H groups in total. The first kappa shape index (κ1) is 16.9. The SMILES string of the molecule is CCC(C)c1ccc(NC(=O)c2cc(N)ccc2N(C)C)cc1. The minimum Gasteiger partial charge on any atom is -0.399 e. The number of nitrogens with zero attached hydrogens (tertiary/aromatic N) is 1. The molecular formula is C19H25N3O. The normalized spacial score (nSPS) is 11.8. The first-order valence-electron chi connectivity index (χ1n) is 7.90. The summed E-state index contributed by atoms with van der Waals surface area (Å²) >= 11 is 0. The van der Waals surface area contributed by atoms with Gasteiger partial charge in [0.1, 0.15) is 0 Å². The predicted molar refractivity (Wildman–Crippen MR) is 98.3 cm³/mol. The molecule has 0 saturated heterocycles. The second-order valence-electron chi connectivity index (χ2n) is 6.06. The summed E-state index contributed by atoms with van der Waals surface area (Å²) in [6.07, 6.45) is 1.10. The van der Waals surface area contributed by atoms with Crippen molar-refractivity contribution in [1.82, 2.24) is 0 Å². The molecule has 4 heteroatoms. The Hall–Kier alpha value is -2.49. The molecule has 0 fully saturated rings. The molecular weight excluding hydrogens is 286 g/mol. The summed E-state index contributed by atoms with van der Waals surface area (Å²) in [6.45, 7) is 4.37. The monoisotopic (exact) mass is 311 g/mol. The van der Waals surface area contributed by atoms with Crippen LogP contribution in [0.1, 0.15) is 42.1 Å². The van der Waals surface area contributed by atoms with Gasteiger partial charge in [0.2, 0.25) is 0 Å². The molecule has 0 aliphatic heterocycles. The van der Waals surface area contributed by atoms with Gasteiger partial charge < -0.3 is 16.0 Å². The number of hydrogen-bond donors (Lipinski definition) is 2. The zero-order chi connectivity index (χ0) is 17.0. The number of amides is 1. The standard InChI is InChI=1S/C19H25N3O/c1-5-13(2)14-6-9-16(10-7-14)21-19(23)17-12-15(20)8-11-18(17)22(3)4/h6-13H,5,20H2,1-4H3,(H,21,23). The number of rotatable bonds is 5. The van der Waals surface area contributed by atoms with Crippen LogP contribution in [0.15, 0.2) is 42.5 Å². The maximum atomic E-state index is 12.6. The van der Waals surface area contributed by atoms with Crippen molar-refractivity contribution in [3.63, 3.8) is 0 Å². The Bertz CT molecular complexity index is 678. The van der Waals surface area contributed by atoms with E-state index in [0.717, 1.165) is 17.8 Å². The lowest BCUT2D eigenvalue weighted by Gasteiger charge is -2.18.